The van der Waals surface area contributed by atoms with E-state index in [0.29, 0.717) is 10.5 Å². The Morgan fingerprint density at radius 1 is 1.36 bits per heavy atom. The number of nitriles is 1. The van der Waals surface area contributed by atoms with Crippen LogP contribution < -0.4 is 0 Å². The maximum absolute atomic E-state index is 13.8. The first kappa shape index (κ1) is 18.0. The van der Waals surface area contributed by atoms with Crippen molar-refractivity contribution in [1.29, 1.82) is 5.26 Å². The Hall–Kier alpha value is -2.01. The Bertz CT molecular complexity index is 724. The summed E-state index contributed by atoms with van der Waals surface area (Å²) in [6, 6.07) is 6.24. The van der Waals surface area contributed by atoms with Crippen LogP contribution in [0.5, 0.6) is 0 Å². The standard InChI is InChI=1S/C18H18FNOS/c1-12(2)22-17(8-9-18(4,5)21)13(3)14-6-7-15(11-20)16(19)10-14/h6-7,10,21H,1H2,2-5H3/b17-13+. The molecule has 2 nitrogen and oxygen atoms in total. The van der Waals surface area contributed by atoms with E-state index < -0.39 is 11.4 Å². The van der Waals surface area contributed by atoms with Gasteiger partial charge in [0.2, 0.25) is 0 Å². The van der Waals surface area contributed by atoms with Crippen LogP contribution in [0.4, 0.5) is 4.39 Å². The minimum atomic E-state index is -1.11. The van der Waals surface area contributed by atoms with E-state index in [-0.39, 0.29) is 5.56 Å². The lowest BCUT2D eigenvalue weighted by molar-refractivity contribution is 0.143. The molecule has 22 heavy (non-hydrogen) atoms. The van der Waals surface area contributed by atoms with Crippen molar-refractivity contribution >= 4 is 17.3 Å². The summed E-state index contributed by atoms with van der Waals surface area (Å²) in [5, 5.41) is 18.5. The first-order chi connectivity index (χ1) is 10.1. The molecule has 0 unspecified atom stereocenters. The van der Waals surface area contributed by atoms with Crippen molar-refractivity contribution < 1.29 is 9.50 Å². The number of benzene rings is 1. The average molecular weight is 315 g/mol. The van der Waals surface area contributed by atoms with E-state index >= 15 is 0 Å². The third-order valence-corrected chi connectivity index (χ3v) is 3.58. The molecule has 0 bridgehead atoms. The van der Waals surface area contributed by atoms with E-state index in [1.807, 2.05) is 13.8 Å². The molecule has 0 aliphatic carbocycles. The zero-order valence-electron chi connectivity index (χ0n) is 13.1. The van der Waals surface area contributed by atoms with Gasteiger partial charge in [0, 0.05) is 0 Å². The second kappa shape index (κ2) is 7.31. The van der Waals surface area contributed by atoms with Gasteiger partial charge < -0.3 is 5.11 Å². The summed E-state index contributed by atoms with van der Waals surface area (Å²) in [5.41, 5.74) is 0.309. The number of nitrogens with zero attached hydrogens (tertiary/aromatic N) is 1. The van der Waals surface area contributed by atoms with Crippen molar-refractivity contribution in [2.75, 3.05) is 0 Å². The number of hydrogen-bond acceptors (Lipinski definition) is 3. The molecule has 1 aromatic rings. The predicted octanol–water partition coefficient (Wildman–Crippen LogP) is 4.47. The number of aliphatic hydroxyl groups is 1. The highest BCUT2D eigenvalue weighted by Gasteiger charge is 2.10. The molecule has 0 heterocycles. The number of thioether (sulfide) groups is 1. The van der Waals surface area contributed by atoms with Gasteiger partial charge in [-0.3, -0.25) is 0 Å². The molecule has 0 radical (unpaired) electrons. The molecule has 1 N–H and O–H groups in total. The van der Waals surface area contributed by atoms with Crippen molar-refractivity contribution in [2.24, 2.45) is 0 Å². The fraction of sp³-hybridized carbons (Fsp3) is 0.278. The monoisotopic (exact) mass is 315 g/mol. The first-order valence-electron chi connectivity index (χ1n) is 6.64. The molecule has 1 rings (SSSR count). The van der Waals surface area contributed by atoms with Crippen molar-refractivity contribution in [3.8, 4) is 17.9 Å². The summed E-state index contributed by atoms with van der Waals surface area (Å²) in [5.74, 6) is 5.13. The van der Waals surface area contributed by atoms with Gasteiger partial charge >= 0.3 is 0 Å². The lowest BCUT2D eigenvalue weighted by atomic mass is 10.0. The van der Waals surface area contributed by atoms with Gasteiger partial charge in [-0.05, 0) is 55.9 Å². The van der Waals surface area contributed by atoms with E-state index in [1.165, 1.54) is 23.9 Å². The van der Waals surface area contributed by atoms with Crippen LogP contribution in [0.1, 0.15) is 38.8 Å². The van der Waals surface area contributed by atoms with Crippen molar-refractivity contribution in [1.82, 2.24) is 0 Å². The molecule has 0 saturated carbocycles. The van der Waals surface area contributed by atoms with Gasteiger partial charge in [0.05, 0.1) is 10.5 Å². The van der Waals surface area contributed by atoms with Crippen LogP contribution in [-0.4, -0.2) is 10.7 Å². The van der Waals surface area contributed by atoms with Gasteiger partial charge in [-0.1, -0.05) is 36.2 Å². The summed E-state index contributed by atoms with van der Waals surface area (Å²) in [6.07, 6.45) is 0. The third-order valence-electron chi connectivity index (χ3n) is 2.62. The summed E-state index contributed by atoms with van der Waals surface area (Å²) in [4.78, 5) is 1.53. The maximum atomic E-state index is 13.8. The highest BCUT2D eigenvalue weighted by Crippen LogP contribution is 2.31. The summed E-state index contributed by atoms with van der Waals surface area (Å²) < 4.78 is 13.8. The summed E-state index contributed by atoms with van der Waals surface area (Å²) in [6.45, 7) is 10.7. The normalized spacial score (nSPS) is 11.9. The minimum absolute atomic E-state index is 0.00762. The van der Waals surface area contributed by atoms with Crippen LogP contribution >= 0.6 is 11.8 Å². The van der Waals surface area contributed by atoms with Gasteiger partial charge in [0.15, 0.2) is 0 Å². The predicted molar refractivity (Wildman–Crippen MR) is 90.2 cm³/mol. The zero-order valence-corrected chi connectivity index (χ0v) is 13.9. The van der Waals surface area contributed by atoms with E-state index in [4.69, 9.17) is 5.26 Å². The first-order valence-corrected chi connectivity index (χ1v) is 7.45. The van der Waals surface area contributed by atoms with Gasteiger partial charge in [-0.15, -0.1) is 0 Å². The molecule has 0 fully saturated rings. The minimum Gasteiger partial charge on any atom is -0.378 e. The smallest absolute Gasteiger partial charge is 0.141 e. The molecule has 0 aromatic heterocycles. The van der Waals surface area contributed by atoms with Crippen LogP contribution in [0, 0.1) is 29.0 Å². The quantitative estimate of drug-likeness (QED) is 0.837. The third kappa shape index (κ3) is 5.41. The Morgan fingerprint density at radius 3 is 2.45 bits per heavy atom. The summed E-state index contributed by atoms with van der Waals surface area (Å²) in [7, 11) is 0. The number of allylic oxidation sites excluding steroid dienone is 3. The van der Waals surface area contributed by atoms with Gasteiger partial charge in [0.1, 0.15) is 17.5 Å². The fourth-order valence-corrected chi connectivity index (χ4v) is 2.27. The van der Waals surface area contributed by atoms with Crippen LogP contribution in [0.25, 0.3) is 5.57 Å². The van der Waals surface area contributed by atoms with E-state index in [9.17, 15) is 9.50 Å². The van der Waals surface area contributed by atoms with Crippen LogP contribution in [0.2, 0.25) is 0 Å². The largest absolute Gasteiger partial charge is 0.378 e. The second-order valence-electron chi connectivity index (χ2n) is 5.37. The molecule has 0 amide bonds. The average Bonchev–Trinajstić information content (AvgIpc) is 2.41. The molecule has 0 saturated heterocycles. The zero-order chi connectivity index (χ0) is 16.9. The number of rotatable bonds is 3. The van der Waals surface area contributed by atoms with Crippen LogP contribution in [0.15, 0.2) is 34.6 Å². The molecule has 0 atom stereocenters. The van der Waals surface area contributed by atoms with E-state index in [1.54, 1.807) is 26.0 Å². The van der Waals surface area contributed by atoms with Crippen molar-refractivity contribution in [3.63, 3.8) is 0 Å². The lowest BCUT2D eigenvalue weighted by Crippen LogP contribution is -2.14. The Labute approximate surface area is 135 Å². The van der Waals surface area contributed by atoms with Gasteiger partial charge in [-0.25, -0.2) is 4.39 Å². The van der Waals surface area contributed by atoms with E-state index in [2.05, 4.69) is 18.4 Å². The molecule has 0 spiro atoms. The molecule has 4 heteroatoms. The molecular weight excluding hydrogens is 297 g/mol. The molecule has 0 aliphatic heterocycles. The Balaban J connectivity index is 3.38. The topological polar surface area (TPSA) is 44.0 Å². The van der Waals surface area contributed by atoms with Crippen LogP contribution in [-0.2, 0) is 0 Å². The molecule has 1 aromatic carbocycles. The number of halogens is 1. The lowest BCUT2D eigenvalue weighted by Gasteiger charge is -2.10. The van der Waals surface area contributed by atoms with Gasteiger partial charge in [-0.2, -0.15) is 5.26 Å². The SMILES string of the molecule is C=C(C)S/C(C#CC(C)(C)O)=C(\C)c1ccc(C#N)c(F)c1. The number of hydrogen-bond donors (Lipinski definition) is 1. The Kier molecular flexibility index (Phi) is 6.00. The summed E-state index contributed by atoms with van der Waals surface area (Å²) >= 11 is 1.37. The fourth-order valence-electron chi connectivity index (χ4n) is 1.55. The van der Waals surface area contributed by atoms with E-state index in [0.717, 1.165) is 10.5 Å². The van der Waals surface area contributed by atoms with Crippen molar-refractivity contribution in [3.05, 3.63) is 51.5 Å². The highest BCUT2D eigenvalue weighted by atomic mass is 32.2. The maximum Gasteiger partial charge on any atom is 0.141 e. The van der Waals surface area contributed by atoms with Crippen LogP contribution in [0.3, 0.4) is 0 Å². The second-order valence-corrected chi connectivity index (χ2v) is 6.68. The Morgan fingerprint density at radius 2 is 2.00 bits per heavy atom. The van der Waals surface area contributed by atoms with Gasteiger partial charge in [0.25, 0.3) is 0 Å². The van der Waals surface area contributed by atoms with Crippen molar-refractivity contribution in [2.45, 2.75) is 33.3 Å². The highest BCUT2D eigenvalue weighted by molar-refractivity contribution is 8.07. The molecule has 0 aliphatic rings. The molecular formula is C18H18FNOS. The molecule has 114 valence electrons.